The van der Waals surface area contributed by atoms with Crippen LogP contribution in [0, 0.1) is 0 Å². The summed E-state index contributed by atoms with van der Waals surface area (Å²) in [5.74, 6) is -0.631. The van der Waals surface area contributed by atoms with E-state index in [9.17, 15) is 9.59 Å². The van der Waals surface area contributed by atoms with Crippen molar-refractivity contribution in [2.75, 3.05) is 6.54 Å². The number of benzene rings is 1. The van der Waals surface area contributed by atoms with Gasteiger partial charge in [0.05, 0.1) is 12.7 Å². The number of aryl methyl sites for hydroxylation is 1. The van der Waals surface area contributed by atoms with Gasteiger partial charge in [0.25, 0.3) is 5.91 Å². The molecule has 0 bridgehead atoms. The second kappa shape index (κ2) is 8.63. The molecule has 0 fully saturated rings. The number of hydrogen-bond donors (Lipinski definition) is 2. The van der Waals surface area contributed by atoms with Crippen molar-refractivity contribution in [1.29, 1.82) is 0 Å². The smallest absolute Gasteiger partial charge is 0.271 e. The third kappa shape index (κ3) is 5.86. The summed E-state index contributed by atoms with van der Waals surface area (Å²) in [6, 6.07) is 10.2. The second-order valence-electron chi connectivity index (χ2n) is 5.27. The topological polar surface area (TPSA) is 84.0 Å². The molecule has 2 amide bonds. The number of rotatable bonds is 7. The Hall–Kier alpha value is -2.76. The average molecular weight is 312 g/mol. The summed E-state index contributed by atoms with van der Waals surface area (Å²) in [4.78, 5) is 31.3. The zero-order valence-corrected chi connectivity index (χ0v) is 13.0. The van der Waals surface area contributed by atoms with Crippen LogP contribution in [0.5, 0.6) is 0 Å². The standard InChI is InChI=1S/C17H20N4O2/c1-13(7-8-14-5-3-2-4-6-14)21-16(22)12-20-17(23)15-11-18-9-10-19-15/h2-6,9-11,13H,7-8,12H2,1H3,(H,20,23)(H,21,22). The second-order valence-corrected chi connectivity index (χ2v) is 5.27. The van der Waals surface area contributed by atoms with Crippen molar-refractivity contribution in [3.63, 3.8) is 0 Å². The number of carbonyl (C=O) groups is 2. The van der Waals surface area contributed by atoms with Crippen LogP contribution in [-0.4, -0.2) is 34.4 Å². The van der Waals surface area contributed by atoms with E-state index < -0.39 is 5.91 Å². The van der Waals surface area contributed by atoms with E-state index in [1.165, 1.54) is 24.2 Å². The van der Waals surface area contributed by atoms with E-state index in [4.69, 9.17) is 0 Å². The Kier molecular flexibility index (Phi) is 6.23. The van der Waals surface area contributed by atoms with E-state index >= 15 is 0 Å². The largest absolute Gasteiger partial charge is 0.352 e. The molecule has 2 aromatic rings. The van der Waals surface area contributed by atoms with E-state index in [1.54, 1.807) is 0 Å². The summed E-state index contributed by atoms with van der Waals surface area (Å²) in [6.07, 6.45) is 6.01. The lowest BCUT2D eigenvalue weighted by Gasteiger charge is -2.14. The summed E-state index contributed by atoms with van der Waals surface area (Å²) in [5, 5.41) is 5.39. The van der Waals surface area contributed by atoms with Crippen LogP contribution in [0.4, 0.5) is 0 Å². The number of nitrogens with zero attached hydrogens (tertiary/aromatic N) is 2. The summed E-state index contributed by atoms with van der Waals surface area (Å²) in [5.41, 5.74) is 1.43. The van der Waals surface area contributed by atoms with Gasteiger partial charge in [-0.2, -0.15) is 0 Å². The highest BCUT2D eigenvalue weighted by molar-refractivity contribution is 5.94. The molecule has 0 spiro atoms. The fourth-order valence-electron chi connectivity index (χ4n) is 2.09. The molecule has 2 rings (SSSR count). The highest BCUT2D eigenvalue weighted by Gasteiger charge is 2.11. The van der Waals surface area contributed by atoms with E-state index in [0.717, 1.165) is 12.8 Å². The average Bonchev–Trinajstić information content (AvgIpc) is 2.59. The molecule has 0 aliphatic rings. The van der Waals surface area contributed by atoms with E-state index in [-0.39, 0.29) is 24.2 Å². The Balaban J connectivity index is 1.69. The van der Waals surface area contributed by atoms with Gasteiger partial charge in [-0.3, -0.25) is 14.6 Å². The molecular weight excluding hydrogens is 292 g/mol. The normalized spacial score (nSPS) is 11.5. The van der Waals surface area contributed by atoms with E-state index in [2.05, 4.69) is 32.7 Å². The molecule has 0 saturated heterocycles. The first-order valence-electron chi connectivity index (χ1n) is 7.52. The highest BCUT2D eigenvalue weighted by atomic mass is 16.2. The summed E-state index contributed by atoms with van der Waals surface area (Å²) in [6.45, 7) is 1.87. The number of amides is 2. The minimum absolute atomic E-state index is 0.0381. The predicted octanol–water partition coefficient (Wildman–Crippen LogP) is 1.34. The van der Waals surface area contributed by atoms with Gasteiger partial charge >= 0.3 is 0 Å². The van der Waals surface area contributed by atoms with Crippen LogP contribution in [0.15, 0.2) is 48.9 Å². The number of carbonyl (C=O) groups excluding carboxylic acids is 2. The molecule has 6 heteroatoms. The summed E-state index contributed by atoms with van der Waals surface area (Å²) >= 11 is 0. The van der Waals surface area contributed by atoms with E-state index in [0.29, 0.717) is 0 Å². The molecular formula is C17H20N4O2. The van der Waals surface area contributed by atoms with Gasteiger partial charge in [0.15, 0.2) is 0 Å². The summed E-state index contributed by atoms with van der Waals surface area (Å²) < 4.78 is 0. The van der Waals surface area contributed by atoms with Crippen LogP contribution in [0.1, 0.15) is 29.4 Å². The molecule has 0 radical (unpaired) electrons. The maximum absolute atomic E-state index is 11.8. The monoisotopic (exact) mass is 312 g/mol. The fraction of sp³-hybridized carbons (Fsp3) is 0.294. The Morgan fingerprint density at radius 2 is 1.96 bits per heavy atom. The van der Waals surface area contributed by atoms with Crippen LogP contribution >= 0.6 is 0 Å². The van der Waals surface area contributed by atoms with Crippen LogP contribution in [0.25, 0.3) is 0 Å². The summed E-state index contributed by atoms with van der Waals surface area (Å²) in [7, 11) is 0. The van der Waals surface area contributed by atoms with Gasteiger partial charge < -0.3 is 10.6 Å². The third-order valence-electron chi connectivity index (χ3n) is 3.32. The number of aromatic nitrogens is 2. The molecule has 2 N–H and O–H groups in total. The van der Waals surface area contributed by atoms with Gasteiger partial charge in [0, 0.05) is 18.4 Å². The maximum Gasteiger partial charge on any atom is 0.271 e. The highest BCUT2D eigenvalue weighted by Crippen LogP contribution is 2.04. The SMILES string of the molecule is CC(CCc1ccccc1)NC(=O)CNC(=O)c1cnccn1. The molecule has 23 heavy (non-hydrogen) atoms. The van der Waals surface area contributed by atoms with Crippen molar-refractivity contribution < 1.29 is 9.59 Å². The minimum atomic E-state index is -0.412. The first-order valence-corrected chi connectivity index (χ1v) is 7.52. The lowest BCUT2D eigenvalue weighted by Crippen LogP contribution is -2.41. The van der Waals surface area contributed by atoms with Crippen molar-refractivity contribution >= 4 is 11.8 Å². The molecule has 0 aliphatic carbocycles. The van der Waals surface area contributed by atoms with Crippen molar-refractivity contribution in [3.05, 3.63) is 60.2 Å². The van der Waals surface area contributed by atoms with Crippen molar-refractivity contribution in [2.24, 2.45) is 0 Å². The number of nitrogens with one attached hydrogen (secondary N) is 2. The van der Waals surface area contributed by atoms with E-state index in [1.807, 2.05) is 25.1 Å². The van der Waals surface area contributed by atoms with Gasteiger partial charge in [-0.05, 0) is 25.3 Å². The lowest BCUT2D eigenvalue weighted by molar-refractivity contribution is -0.120. The molecule has 0 saturated carbocycles. The minimum Gasteiger partial charge on any atom is -0.352 e. The molecule has 1 unspecified atom stereocenters. The van der Waals surface area contributed by atoms with Gasteiger partial charge in [0.2, 0.25) is 5.91 Å². The van der Waals surface area contributed by atoms with Gasteiger partial charge in [-0.15, -0.1) is 0 Å². The third-order valence-corrected chi connectivity index (χ3v) is 3.32. The predicted molar refractivity (Wildman–Crippen MR) is 86.7 cm³/mol. The maximum atomic E-state index is 11.8. The quantitative estimate of drug-likeness (QED) is 0.808. The zero-order valence-electron chi connectivity index (χ0n) is 13.0. The molecule has 1 heterocycles. The van der Waals surface area contributed by atoms with Crippen LogP contribution in [-0.2, 0) is 11.2 Å². The molecule has 120 valence electrons. The van der Waals surface area contributed by atoms with Crippen LogP contribution < -0.4 is 10.6 Å². The Morgan fingerprint density at radius 1 is 1.17 bits per heavy atom. The van der Waals surface area contributed by atoms with Gasteiger partial charge in [-0.1, -0.05) is 30.3 Å². The van der Waals surface area contributed by atoms with Crippen LogP contribution in [0.2, 0.25) is 0 Å². The molecule has 6 nitrogen and oxygen atoms in total. The Morgan fingerprint density at radius 3 is 2.65 bits per heavy atom. The Bertz CT molecular complexity index is 632. The molecule has 0 aliphatic heterocycles. The fourth-order valence-corrected chi connectivity index (χ4v) is 2.09. The number of hydrogen-bond acceptors (Lipinski definition) is 4. The Labute approximate surface area is 135 Å². The molecule has 1 aromatic heterocycles. The van der Waals surface area contributed by atoms with Gasteiger partial charge in [0.1, 0.15) is 5.69 Å². The van der Waals surface area contributed by atoms with Crippen molar-refractivity contribution in [3.8, 4) is 0 Å². The molecule has 1 atom stereocenters. The van der Waals surface area contributed by atoms with Gasteiger partial charge in [-0.25, -0.2) is 4.98 Å². The van der Waals surface area contributed by atoms with Crippen LogP contribution in [0.3, 0.4) is 0 Å². The molecule has 1 aromatic carbocycles. The van der Waals surface area contributed by atoms with Crippen molar-refractivity contribution in [1.82, 2.24) is 20.6 Å². The van der Waals surface area contributed by atoms with Crippen molar-refractivity contribution in [2.45, 2.75) is 25.8 Å². The first-order chi connectivity index (χ1) is 11.1. The lowest BCUT2D eigenvalue weighted by atomic mass is 10.1. The zero-order chi connectivity index (χ0) is 16.5. The first kappa shape index (κ1) is 16.6.